The minimum absolute atomic E-state index is 0.0662. The van der Waals surface area contributed by atoms with Gasteiger partial charge >= 0.3 is 19.0 Å². The Labute approximate surface area is 179 Å². The molecule has 6 nitrogen and oxygen atoms in total. The van der Waals surface area contributed by atoms with E-state index in [0.717, 1.165) is 0 Å². The van der Waals surface area contributed by atoms with Crippen molar-refractivity contribution in [2.45, 2.75) is 25.5 Å². The van der Waals surface area contributed by atoms with Crippen LogP contribution in [0.1, 0.15) is 27.2 Å². The summed E-state index contributed by atoms with van der Waals surface area (Å²) in [5, 5.41) is 5.59. The molecule has 176 valence electrons. The highest BCUT2D eigenvalue weighted by atomic mass is 19.4. The molecule has 1 aromatic carbocycles. The molecule has 3 aromatic rings. The van der Waals surface area contributed by atoms with Gasteiger partial charge in [-0.2, -0.15) is 40.2 Å². The number of rotatable bonds is 6. The third-order valence-corrected chi connectivity index (χ3v) is 4.20. The first kappa shape index (κ1) is 23.9. The van der Waals surface area contributed by atoms with Gasteiger partial charge in [-0.05, 0) is 18.2 Å². The SMILES string of the molecule is O=C(NCc1ccccc1OC(F)F)c1cnn(-c2ccc(C(F)(F)F)cn2)c1C(F)(F)F. The van der Waals surface area contributed by atoms with E-state index in [1.54, 1.807) is 0 Å². The van der Waals surface area contributed by atoms with Crippen molar-refractivity contribution in [1.82, 2.24) is 20.1 Å². The Morgan fingerprint density at radius 3 is 2.27 bits per heavy atom. The molecule has 0 bridgehead atoms. The average Bonchev–Trinajstić information content (AvgIpc) is 3.18. The molecule has 14 heteroatoms. The summed E-state index contributed by atoms with van der Waals surface area (Å²) in [5.74, 6) is -2.15. The number of amides is 1. The highest BCUT2D eigenvalue weighted by molar-refractivity contribution is 5.95. The standard InChI is InChI=1S/C19H12F8N4O2/c20-17(21)33-13-4-2-1-3-10(13)7-29-16(32)12-9-30-31(15(12)19(25,26)27)14-6-5-11(8-28-14)18(22,23)24/h1-6,8-9,17H,7H2,(H,29,32). The summed E-state index contributed by atoms with van der Waals surface area (Å²) in [7, 11) is 0. The zero-order chi connectivity index (χ0) is 24.4. The Hall–Kier alpha value is -3.71. The number of nitrogens with one attached hydrogen (secondary N) is 1. The van der Waals surface area contributed by atoms with Gasteiger partial charge in [-0.15, -0.1) is 0 Å². The predicted molar refractivity (Wildman–Crippen MR) is 95.6 cm³/mol. The smallest absolute Gasteiger partial charge is 0.434 e. The van der Waals surface area contributed by atoms with Crippen molar-refractivity contribution < 1.29 is 44.7 Å². The third kappa shape index (κ3) is 5.56. The van der Waals surface area contributed by atoms with Gasteiger partial charge in [0.25, 0.3) is 5.91 Å². The zero-order valence-electron chi connectivity index (χ0n) is 16.1. The van der Waals surface area contributed by atoms with E-state index in [1.165, 1.54) is 24.3 Å². The van der Waals surface area contributed by atoms with Gasteiger partial charge in [-0.1, -0.05) is 18.2 Å². The van der Waals surface area contributed by atoms with Crippen molar-refractivity contribution >= 4 is 5.91 Å². The summed E-state index contributed by atoms with van der Waals surface area (Å²) >= 11 is 0. The van der Waals surface area contributed by atoms with Crippen LogP contribution in [0.5, 0.6) is 5.75 Å². The summed E-state index contributed by atoms with van der Waals surface area (Å²) in [6, 6.07) is 6.51. The minimum Gasteiger partial charge on any atom is -0.434 e. The van der Waals surface area contributed by atoms with Crippen molar-refractivity contribution in [3.05, 3.63) is 71.2 Å². The van der Waals surface area contributed by atoms with Gasteiger partial charge in [0.1, 0.15) is 5.75 Å². The molecule has 0 saturated carbocycles. The maximum Gasteiger partial charge on any atom is 0.434 e. The number of para-hydroxylation sites is 1. The Balaban J connectivity index is 1.89. The summed E-state index contributed by atoms with van der Waals surface area (Å²) in [6.45, 7) is -3.61. The van der Waals surface area contributed by atoms with Crippen LogP contribution in [-0.2, 0) is 18.9 Å². The monoisotopic (exact) mass is 480 g/mol. The van der Waals surface area contributed by atoms with E-state index in [9.17, 15) is 39.9 Å². The fourth-order valence-corrected chi connectivity index (χ4v) is 2.77. The average molecular weight is 480 g/mol. The molecule has 1 amide bonds. The van der Waals surface area contributed by atoms with Crippen molar-refractivity contribution in [2.24, 2.45) is 0 Å². The summed E-state index contributed by atoms with van der Waals surface area (Å²) in [6.07, 6.45) is -8.99. The molecule has 0 aliphatic rings. The van der Waals surface area contributed by atoms with Crippen LogP contribution >= 0.6 is 0 Å². The second kappa shape index (κ2) is 9.03. The van der Waals surface area contributed by atoms with Crippen molar-refractivity contribution in [2.75, 3.05) is 0 Å². The quantitative estimate of drug-likeness (QED) is 0.513. The number of halogens is 8. The van der Waals surface area contributed by atoms with E-state index in [4.69, 9.17) is 0 Å². The number of aromatic nitrogens is 3. The highest BCUT2D eigenvalue weighted by Gasteiger charge is 2.41. The Bertz CT molecular complexity index is 1120. The maximum atomic E-state index is 13.7. The number of alkyl halides is 8. The number of ether oxygens (including phenoxy) is 1. The lowest BCUT2D eigenvalue weighted by Crippen LogP contribution is -2.26. The molecule has 1 N–H and O–H groups in total. The molecular formula is C19H12F8N4O2. The van der Waals surface area contributed by atoms with Crippen LogP contribution in [0, 0.1) is 0 Å². The second-order valence-corrected chi connectivity index (χ2v) is 6.39. The number of nitrogens with zero attached hydrogens (tertiary/aromatic N) is 3. The maximum absolute atomic E-state index is 13.7. The van der Waals surface area contributed by atoms with Gasteiger partial charge in [0.2, 0.25) is 0 Å². The van der Waals surface area contributed by atoms with Crippen molar-refractivity contribution in [3.63, 3.8) is 0 Å². The number of carbonyl (C=O) groups excluding carboxylic acids is 1. The van der Waals surface area contributed by atoms with Crippen molar-refractivity contribution in [1.29, 1.82) is 0 Å². The summed E-state index contributed by atoms with van der Waals surface area (Å²) < 4.78 is 109. The number of hydrogen-bond acceptors (Lipinski definition) is 4. The molecule has 3 rings (SSSR count). The molecule has 0 aliphatic heterocycles. The molecule has 0 aliphatic carbocycles. The second-order valence-electron chi connectivity index (χ2n) is 6.39. The van der Waals surface area contributed by atoms with E-state index in [1.807, 2.05) is 0 Å². The summed E-state index contributed by atoms with van der Waals surface area (Å²) in [4.78, 5) is 15.8. The van der Waals surface area contributed by atoms with Crippen molar-refractivity contribution in [3.8, 4) is 11.6 Å². The van der Waals surface area contributed by atoms with Gasteiger partial charge in [0, 0.05) is 18.3 Å². The molecule has 0 saturated heterocycles. The van der Waals surface area contributed by atoms with Crippen LogP contribution < -0.4 is 10.1 Å². The van der Waals surface area contributed by atoms with E-state index in [2.05, 4.69) is 20.1 Å². The number of pyridine rings is 1. The zero-order valence-corrected chi connectivity index (χ0v) is 16.1. The minimum atomic E-state index is -5.13. The molecule has 0 unspecified atom stereocenters. The lowest BCUT2D eigenvalue weighted by molar-refractivity contribution is -0.143. The first-order valence-corrected chi connectivity index (χ1v) is 8.87. The van der Waals surface area contributed by atoms with Gasteiger partial charge in [0.05, 0.1) is 17.3 Å². The molecule has 0 atom stereocenters. The van der Waals surface area contributed by atoms with Gasteiger partial charge < -0.3 is 10.1 Å². The van der Waals surface area contributed by atoms with Crippen LogP contribution in [0.25, 0.3) is 5.82 Å². The fourth-order valence-electron chi connectivity index (χ4n) is 2.77. The van der Waals surface area contributed by atoms with E-state index in [-0.39, 0.29) is 16.0 Å². The summed E-state index contributed by atoms with van der Waals surface area (Å²) in [5.41, 5.74) is -3.65. The number of carbonyl (C=O) groups is 1. The van der Waals surface area contributed by atoms with Crippen LogP contribution in [-0.4, -0.2) is 27.3 Å². The number of hydrogen-bond donors (Lipinski definition) is 1. The predicted octanol–water partition coefficient (Wildman–Crippen LogP) is 4.84. The molecule has 0 fully saturated rings. The Morgan fingerprint density at radius 2 is 1.70 bits per heavy atom. The lowest BCUT2D eigenvalue weighted by atomic mass is 10.1. The fraction of sp³-hybridized carbons (Fsp3) is 0.211. The Kier molecular flexibility index (Phi) is 6.56. The van der Waals surface area contributed by atoms with Gasteiger partial charge in [-0.25, -0.2) is 9.67 Å². The van der Waals surface area contributed by atoms with Crippen LogP contribution in [0.2, 0.25) is 0 Å². The molecule has 33 heavy (non-hydrogen) atoms. The third-order valence-electron chi connectivity index (χ3n) is 4.20. The van der Waals surface area contributed by atoms with Gasteiger partial charge in [0.15, 0.2) is 11.5 Å². The molecule has 2 heterocycles. The van der Waals surface area contributed by atoms with E-state index >= 15 is 0 Å². The Morgan fingerprint density at radius 1 is 1.00 bits per heavy atom. The molecular weight excluding hydrogens is 468 g/mol. The normalized spacial score (nSPS) is 12.2. The lowest BCUT2D eigenvalue weighted by Gasteiger charge is -2.14. The molecule has 0 radical (unpaired) electrons. The first-order chi connectivity index (χ1) is 15.4. The van der Waals surface area contributed by atoms with E-state index in [0.29, 0.717) is 24.5 Å². The largest absolute Gasteiger partial charge is 0.434 e. The number of benzene rings is 1. The first-order valence-electron chi connectivity index (χ1n) is 8.87. The van der Waals surface area contributed by atoms with Crippen LogP contribution in [0.15, 0.2) is 48.8 Å². The topological polar surface area (TPSA) is 69.0 Å². The highest BCUT2D eigenvalue weighted by Crippen LogP contribution is 2.34. The van der Waals surface area contributed by atoms with Crippen LogP contribution in [0.3, 0.4) is 0 Å². The molecule has 2 aromatic heterocycles. The van der Waals surface area contributed by atoms with Crippen LogP contribution in [0.4, 0.5) is 35.1 Å². The molecule has 0 spiro atoms. The van der Waals surface area contributed by atoms with Gasteiger partial charge in [-0.3, -0.25) is 4.79 Å². The van der Waals surface area contributed by atoms with E-state index < -0.39 is 54.1 Å².